The van der Waals surface area contributed by atoms with E-state index >= 15 is 0 Å². The smallest absolute Gasteiger partial charge is 0.235 e. The molecule has 0 aliphatic carbocycles. The number of sulfonamides is 1. The fourth-order valence-electron chi connectivity index (χ4n) is 3.30. The highest BCUT2D eigenvalue weighted by Crippen LogP contribution is 2.38. The van der Waals surface area contributed by atoms with Gasteiger partial charge in [0.1, 0.15) is 13.2 Å². The van der Waals surface area contributed by atoms with Crippen molar-refractivity contribution in [2.45, 2.75) is 12.8 Å². The molecule has 2 aromatic carbocycles. The summed E-state index contributed by atoms with van der Waals surface area (Å²) in [4.78, 5) is 12.4. The predicted octanol–water partition coefficient (Wildman–Crippen LogP) is 2.83. The number of anilines is 2. The van der Waals surface area contributed by atoms with Crippen LogP contribution in [-0.4, -0.2) is 39.8 Å². The summed E-state index contributed by atoms with van der Waals surface area (Å²) in [6, 6.07) is 10.2. The lowest BCUT2D eigenvalue weighted by Gasteiger charge is -2.20. The summed E-state index contributed by atoms with van der Waals surface area (Å²) < 4.78 is 36.4. The van der Waals surface area contributed by atoms with Crippen LogP contribution in [0.2, 0.25) is 5.02 Å². The summed E-state index contributed by atoms with van der Waals surface area (Å²) in [5, 5.41) is 3.22. The van der Waals surface area contributed by atoms with E-state index in [2.05, 4.69) is 5.32 Å². The van der Waals surface area contributed by atoms with E-state index in [0.717, 1.165) is 0 Å². The molecule has 9 heteroatoms. The zero-order valence-electron chi connectivity index (χ0n) is 15.0. The Bertz CT molecular complexity index is 1010. The zero-order chi connectivity index (χ0) is 19.7. The molecule has 0 bridgehead atoms. The molecule has 2 heterocycles. The number of hydrogen-bond acceptors (Lipinski definition) is 5. The minimum Gasteiger partial charge on any atom is -0.486 e. The Morgan fingerprint density at radius 1 is 1.14 bits per heavy atom. The number of halogens is 1. The predicted molar refractivity (Wildman–Crippen MR) is 107 cm³/mol. The number of amides is 1. The summed E-state index contributed by atoms with van der Waals surface area (Å²) >= 11 is 6.20. The fraction of sp³-hybridized carbons (Fsp3) is 0.316. The molecule has 7 nitrogen and oxygen atoms in total. The lowest BCUT2D eigenvalue weighted by atomic mass is 10.1. The molecule has 2 aromatic rings. The largest absolute Gasteiger partial charge is 0.486 e. The molecule has 1 fully saturated rings. The van der Waals surface area contributed by atoms with Crippen LogP contribution in [0.5, 0.6) is 11.5 Å². The lowest BCUT2D eigenvalue weighted by molar-refractivity contribution is -0.115. The Balaban J connectivity index is 1.42. The van der Waals surface area contributed by atoms with Crippen LogP contribution in [0.1, 0.15) is 12.0 Å². The van der Waals surface area contributed by atoms with Crippen molar-refractivity contribution >= 4 is 38.9 Å². The van der Waals surface area contributed by atoms with Crippen LogP contribution in [0.25, 0.3) is 0 Å². The number of carbonyl (C=O) groups is 1. The van der Waals surface area contributed by atoms with E-state index in [-0.39, 0.29) is 18.1 Å². The highest BCUT2D eigenvalue weighted by atomic mass is 35.5. The zero-order valence-corrected chi connectivity index (χ0v) is 16.6. The first-order chi connectivity index (χ1) is 13.4. The number of carbonyl (C=O) groups excluding carboxylic acids is 1. The minimum absolute atomic E-state index is 0.124. The molecule has 0 radical (unpaired) electrons. The molecule has 1 N–H and O–H groups in total. The van der Waals surface area contributed by atoms with E-state index in [4.69, 9.17) is 21.1 Å². The van der Waals surface area contributed by atoms with Crippen LogP contribution in [0.15, 0.2) is 36.4 Å². The van der Waals surface area contributed by atoms with Gasteiger partial charge in [-0.15, -0.1) is 0 Å². The summed E-state index contributed by atoms with van der Waals surface area (Å²) in [5.41, 5.74) is 1.91. The average molecular weight is 423 g/mol. The molecule has 28 heavy (non-hydrogen) atoms. The molecular weight excluding hydrogens is 404 g/mol. The van der Waals surface area contributed by atoms with Gasteiger partial charge in [-0.05, 0) is 48.4 Å². The SMILES string of the molecule is O=C(Cc1cc(Cl)c2c(c1)OCCO2)Nc1ccc(N2CCCS2(=O)=O)cc1. The lowest BCUT2D eigenvalue weighted by Crippen LogP contribution is -2.25. The molecule has 148 valence electrons. The van der Waals surface area contributed by atoms with Gasteiger partial charge in [0.05, 0.1) is 22.9 Å². The number of fused-ring (bicyclic) bond motifs is 1. The minimum atomic E-state index is -3.22. The van der Waals surface area contributed by atoms with E-state index in [1.807, 2.05) is 0 Å². The van der Waals surface area contributed by atoms with Crippen molar-refractivity contribution in [3.05, 3.63) is 47.0 Å². The van der Waals surface area contributed by atoms with Crippen molar-refractivity contribution in [3.8, 4) is 11.5 Å². The van der Waals surface area contributed by atoms with Crippen molar-refractivity contribution in [2.24, 2.45) is 0 Å². The first kappa shape index (κ1) is 18.9. The maximum absolute atomic E-state index is 12.4. The van der Waals surface area contributed by atoms with Crippen molar-refractivity contribution in [1.29, 1.82) is 0 Å². The quantitative estimate of drug-likeness (QED) is 0.818. The Morgan fingerprint density at radius 2 is 1.89 bits per heavy atom. The second-order valence-electron chi connectivity index (χ2n) is 6.62. The molecule has 0 aromatic heterocycles. The summed E-state index contributed by atoms with van der Waals surface area (Å²) in [7, 11) is -3.22. The number of nitrogens with one attached hydrogen (secondary N) is 1. The van der Waals surface area contributed by atoms with Crippen LogP contribution in [0.3, 0.4) is 0 Å². The average Bonchev–Trinajstić information content (AvgIpc) is 3.01. The Labute approximate surface area is 168 Å². The molecule has 0 unspecified atom stereocenters. The van der Waals surface area contributed by atoms with Crippen LogP contribution in [0.4, 0.5) is 11.4 Å². The molecule has 4 rings (SSSR count). The van der Waals surface area contributed by atoms with Crippen molar-refractivity contribution in [2.75, 3.05) is 35.1 Å². The topological polar surface area (TPSA) is 84.9 Å². The highest BCUT2D eigenvalue weighted by molar-refractivity contribution is 7.93. The van der Waals surface area contributed by atoms with Gasteiger partial charge in [-0.2, -0.15) is 0 Å². The van der Waals surface area contributed by atoms with E-state index < -0.39 is 10.0 Å². The van der Waals surface area contributed by atoms with Gasteiger partial charge in [-0.25, -0.2) is 8.42 Å². The molecule has 2 aliphatic rings. The second-order valence-corrected chi connectivity index (χ2v) is 9.04. The maximum atomic E-state index is 12.4. The van der Waals surface area contributed by atoms with Crippen LogP contribution < -0.4 is 19.1 Å². The van der Waals surface area contributed by atoms with E-state index in [0.29, 0.717) is 59.6 Å². The van der Waals surface area contributed by atoms with E-state index in [9.17, 15) is 13.2 Å². The number of rotatable bonds is 4. The molecule has 0 saturated carbocycles. The van der Waals surface area contributed by atoms with Gasteiger partial charge in [0.15, 0.2) is 11.5 Å². The van der Waals surface area contributed by atoms with Gasteiger partial charge in [0, 0.05) is 12.2 Å². The fourth-order valence-corrected chi connectivity index (χ4v) is 5.15. The number of benzene rings is 2. The van der Waals surface area contributed by atoms with Gasteiger partial charge in [0.25, 0.3) is 0 Å². The van der Waals surface area contributed by atoms with Crippen molar-refractivity contribution in [1.82, 2.24) is 0 Å². The Kier molecular flexibility index (Phi) is 5.07. The first-order valence-electron chi connectivity index (χ1n) is 8.91. The highest BCUT2D eigenvalue weighted by Gasteiger charge is 2.28. The maximum Gasteiger partial charge on any atom is 0.235 e. The molecule has 0 spiro atoms. The second kappa shape index (κ2) is 7.52. The molecule has 0 atom stereocenters. The van der Waals surface area contributed by atoms with Gasteiger partial charge < -0.3 is 14.8 Å². The van der Waals surface area contributed by atoms with Crippen LogP contribution >= 0.6 is 11.6 Å². The Hall–Kier alpha value is -2.45. The number of hydrogen-bond donors (Lipinski definition) is 1. The Morgan fingerprint density at radius 3 is 2.61 bits per heavy atom. The number of ether oxygens (including phenoxy) is 2. The van der Waals surface area contributed by atoms with Gasteiger partial charge in [-0.3, -0.25) is 9.10 Å². The van der Waals surface area contributed by atoms with Crippen molar-refractivity contribution in [3.63, 3.8) is 0 Å². The summed E-state index contributed by atoms with van der Waals surface area (Å²) in [6.07, 6.45) is 0.748. The summed E-state index contributed by atoms with van der Waals surface area (Å²) in [5.74, 6) is 1.00. The molecular formula is C19H19ClN2O5S. The first-order valence-corrected chi connectivity index (χ1v) is 10.9. The molecule has 1 amide bonds. The monoisotopic (exact) mass is 422 g/mol. The third-order valence-electron chi connectivity index (χ3n) is 4.56. The normalized spacial score (nSPS) is 17.4. The molecule has 2 aliphatic heterocycles. The number of nitrogens with zero attached hydrogens (tertiary/aromatic N) is 1. The third-order valence-corrected chi connectivity index (χ3v) is 6.71. The summed E-state index contributed by atoms with van der Waals surface area (Å²) in [6.45, 7) is 1.37. The van der Waals surface area contributed by atoms with Gasteiger partial charge >= 0.3 is 0 Å². The van der Waals surface area contributed by atoms with Crippen LogP contribution in [0, 0.1) is 0 Å². The standard InChI is InChI=1S/C19H19ClN2O5S/c20-16-10-13(11-17-19(16)27-8-7-26-17)12-18(23)21-14-2-4-15(5-3-14)22-6-1-9-28(22,24)25/h2-5,10-11H,1,6-9,12H2,(H,21,23). The van der Waals surface area contributed by atoms with Gasteiger partial charge in [-0.1, -0.05) is 11.6 Å². The molecule has 1 saturated heterocycles. The van der Waals surface area contributed by atoms with Gasteiger partial charge in [0.2, 0.25) is 15.9 Å². The van der Waals surface area contributed by atoms with E-state index in [1.54, 1.807) is 36.4 Å². The van der Waals surface area contributed by atoms with Crippen LogP contribution in [-0.2, 0) is 21.2 Å². The van der Waals surface area contributed by atoms with E-state index in [1.165, 1.54) is 4.31 Å². The third kappa shape index (κ3) is 3.88. The van der Waals surface area contributed by atoms with Crippen molar-refractivity contribution < 1.29 is 22.7 Å².